The van der Waals surface area contributed by atoms with Gasteiger partial charge in [-0.15, -0.1) is 0 Å². The summed E-state index contributed by atoms with van der Waals surface area (Å²) in [5.41, 5.74) is 5.28. The molecule has 1 aliphatic heterocycles. The molecule has 7 aromatic rings. The first-order valence-corrected chi connectivity index (χ1v) is 17.1. The molecule has 2 aromatic heterocycles. The molecule has 0 aliphatic carbocycles. The lowest BCUT2D eigenvalue weighted by Crippen LogP contribution is -3.00. The van der Waals surface area contributed by atoms with E-state index in [2.05, 4.69) is 31.0 Å². The molecular formula is C43H35ClN2O7. The Morgan fingerprint density at radius 2 is 1.19 bits per heavy atom. The summed E-state index contributed by atoms with van der Waals surface area (Å²) < 4.78 is 26.5. The van der Waals surface area contributed by atoms with Crippen molar-refractivity contribution in [3.8, 4) is 0 Å². The van der Waals surface area contributed by atoms with Crippen LogP contribution in [0, 0.1) is 13.8 Å². The minimum absolute atomic E-state index is 0. The van der Waals surface area contributed by atoms with Crippen LogP contribution in [0.15, 0.2) is 134 Å². The number of ether oxygens (including phenoxy) is 4. The molecule has 1 aliphatic rings. The lowest BCUT2D eigenvalue weighted by molar-refractivity contribution is -0.764. The summed E-state index contributed by atoms with van der Waals surface area (Å²) in [5, 5.41) is 4.27. The Balaban J connectivity index is 0.00000435. The van der Waals surface area contributed by atoms with E-state index in [4.69, 9.17) is 18.9 Å². The van der Waals surface area contributed by atoms with E-state index in [1.165, 1.54) is 0 Å². The van der Waals surface area contributed by atoms with E-state index in [1.807, 2.05) is 35.2 Å². The fourth-order valence-corrected chi connectivity index (χ4v) is 7.08. The molecule has 0 bridgehead atoms. The monoisotopic (exact) mass is 726 g/mol. The molecule has 1 N–H and O–H groups in total. The molecule has 9 nitrogen and oxygen atoms in total. The largest absolute Gasteiger partial charge is 1.00 e. The van der Waals surface area contributed by atoms with Crippen molar-refractivity contribution >= 4 is 50.5 Å². The summed E-state index contributed by atoms with van der Waals surface area (Å²) in [7, 11) is 0. The van der Waals surface area contributed by atoms with Crippen LogP contribution in [0.5, 0.6) is 0 Å². The van der Waals surface area contributed by atoms with Crippen LogP contribution in [0.25, 0.3) is 32.6 Å². The second kappa shape index (κ2) is 14.9. The van der Waals surface area contributed by atoms with Crippen molar-refractivity contribution in [3.05, 3.63) is 162 Å². The Morgan fingerprint density at radius 1 is 0.642 bits per heavy atom. The van der Waals surface area contributed by atoms with Gasteiger partial charge >= 0.3 is 24.1 Å². The zero-order valence-corrected chi connectivity index (χ0v) is 29.7. The molecule has 10 heteroatoms. The summed E-state index contributed by atoms with van der Waals surface area (Å²) in [4.78, 5) is 43.9. The number of aromatic amines is 1. The van der Waals surface area contributed by atoms with Gasteiger partial charge in [-0.3, -0.25) is 0 Å². The summed E-state index contributed by atoms with van der Waals surface area (Å²) in [5.74, 6) is -1.81. The molecule has 3 heterocycles. The second-order valence-corrected chi connectivity index (χ2v) is 12.9. The van der Waals surface area contributed by atoms with Gasteiger partial charge in [0.15, 0.2) is 18.5 Å². The highest BCUT2D eigenvalue weighted by molar-refractivity contribution is 6.16. The number of esters is 3. The van der Waals surface area contributed by atoms with Gasteiger partial charge in [-0.25, -0.2) is 14.4 Å². The number of rotatable bonds is 8. The van der Waals surface area contributed by atoms with Gasteiger partial charge in [0.1, 0.15) is 12.7 Å². The van der Waals surface area contributed by atoms with E-state index in [1.54, 1.807) is 91.0 Å². The predicted octanol–water partition coefficient (Wildman–Crippen LogP) is 4.59. The van der Waals surface area contributed by atoms with Crippen molar-refractivity contribution in [1.29, 1.82) is 0 Å². The SMILES string of the molecule is Cc1c2cc[n+]([C@@H]3O[C@H](COC(=O)c4ccccc4)[C@H](OC(=O)c4ccccc4)[C@H]3OC(=O)c3ccccc3)cc2c(C)c2c1[nH]c1ccccc12.[Cl-]. The number of hydrogen-bond donors (Lipinski definition) is 1. The third-order valence-corrected chi connectivity index (χ3v) is 9.72. The maximum absolute atomic E-state index is 13.7. The highest BCUT2D eigenvalue weighted by atomic mass is 35.5. The number of H-pyrrole nitrogens is 1. The number of fused-ring (bicyclic) bond motifs is 4. The summed E-state index contributed by atoms with van der Waals surface area (Å²) >= 11 is 0. The van der Waals surface area contributed by atoms with Gasteiger partial charge in [0.25, 0.3) is 0 Å². The third-order valence-electron chi connectivity index (χ3n) is 9.72. The molecule has 4 atom stereocenters. The number of para-hydroxylation sites is 1. The molecular weight excluding hydrogens is 692 g/mol. The first kappa shape index (κ1) is 35.4. The van der Waals surface area contributed by atoms with E-state index in [0.717, 1.165) is 43.7 Å². The third kappa shape index (κ3) is 6.72. The summed E-state index contributed by atoms with van der Waals surface area (Å²) in [6.07, 6.45) is -0.365. The number of aryl methyl sites for hydroxylation is 2. The minimum atomic E-state index is -1.14. The number of carbonyl (C=O) groups excluding carboxylic acids is 3. The molecule has 8 rings (SSSR count). The Hall–Kier alpha value is -6.03. The number of aromatic nitrogens is 2. The summed E-state index contributed by atoms with van der Waals surface area (Å²) in [6.45, 7) is 3.92. The van der Waals surface area contributed by atoms with Crippen molar-refractivity contribution in [2.45, 2.75) is 38.4 Å². The van der Waals surface area contributed by atoms with Crippen molar-refractivity contribution in [3.63, 3.8) is 0 Å². The van der Waals surface area contributed by atoms with Gasteiger partial charge in [-0.1, -0.05) is 72.8 Å². The molecule has 0 unspecified atom stereocenters. The second-order valence-electron chi connectivity index (χ2n) is 12.9. The number of halogens is 1. The number of carbonyl (C=O) groups is 3. The molecule has 5 aromatic carbocycles. The van der Waals surface area contributed by atoms with E-state index in [9.17, 15) is 14.4 Å². The lowest BCUT2D eigenvalue weighted by Gasteiger charge is -2.23. The van der Waals surface area contributed by atoms with Crippen LogP contribution in [0.4, 0.5) is 0 Å². The first-order valence-electron chi connectivity index (χ1n) is 17.1. The number of nitrogens with zero attached hydrogens (tertiary/aromatic N) is 1. The maximum atomic E-state index is 13.7. The average molecular weight is 727 g/mol. The van der Waals surface area contributed by atoms with Gasteiger partial charge in [0.05, 0.1) is 22.2 Å². The van der Waals surface area contributed by atoms with Gasteiger partial charge < -0.3 is 36.3 Å². The molecule has 53 heavy (non-hydrogen) atoms. The van der Waals surface area contributed by atoms with Crippen LogP contribution < -0.4 is 17.0 Å². The molecule has 0 spiro atoms. The van der Waals surface area contributed by atoms with Crippen LogP contribution in [-0.4, -0.2) is 47.8 Å². The Kier molecular flexibility index (Phi) is 9.95. The molecule has 0 amide bonds. The molecule has 266 valence electrons. The van der Waals surface area contributed by atoms with E-state index < -0.39 is 42.4 Å². The number of benzene rings is 5. The van der Waals surface area contributed by atoms with Crippen molar-refractivity contribution in [2.24, 2.45) is 0 Å². The van der Waals surface area contributed by atoms with Gasteiger partial charge in [0, 0.05) is 27.7 Å². The van der Waals surface area contributed by atoms with Crippen LogP contribution in [-0.2, 0) is 18.9 Å². The summed E-state index contributed by atoms with van der Waals surface area (Å²) in [6, 6.07) is 36.0. The van der Waals surface area contributed by atoms with Crippen LogP contribution in [0.3, 0.4) is 0 Å². The predicted molar refractivity (Wildman–Crippen MR) is 195 cm³/mol. The number of pyridine rings is 1. The zero-order valence-electron chi connectivity index (χ0n) is 28.9. The lowest BCUT2D eigenvalue weighted by atomic mass is 9.97. The highest BCUT2D eigenvalue weighted by Crippen LogP contribution is 2.37. The Labute approximate surface area is 311 Å². The maximum Gasteiger partial charge on any atom is 0.338 e. The van der Waals surface area contributed by atoms with Crippen LogP contribution in [0.2, 0.25) is 0 Å². The standard InChI is InChI=1S/C43H34N2O7.ClH/c1-26-33-24-45(23-22-31(33)27(2)37-36(26)32-20-12-13-21-34(32)44-37)40-39(52-43(48)30-18-10-5-11-19-30)38(51-42(47)29-16-8-4-9-17-29)35(50-40)25-49-41(46)28-14-6-3-7-15-28;/h3-24,35,38-40H,25H2,1-2H3;1H/t35-,38+,39-,40-;/m1./s1. The van der Waals surface area contributed by atoms with Crippen LogP contribution >= 0.6 is 0 Å². The molecule has 1 saturated heterocycles. The first-order chi connectivity index (χ1) is 25.4. The quantitative estimate of drug-likeness (QED) is 0.139. The highest BCUT2D eigenvalue weighted by Gasteiger charge is 2.55. The number of nitrogens with one attached hydrogen (secondary N) is 1. The molecule has 0 saturated carbocycles. The van der Waals surface area contributed by atoms with Gasteiger partial charge in [-0.2, -0.15) is 4.57 Å². The fraction of sp³-hybridized carbons (Fsp3) is 0.163. The molecule has 0 radical (unpaired) electrons. The van der Waals surface area contributed by atoms with Gasteiger partial charge in [-0.05, 0) is 72.8 Å². The smallest absolute Gasteiger partial charge is 0.338 e. The Bertz CT molecular complexity index is 2450. The zero-order chi connectivity index (χ0) is 35.8. The minimum Gasteiger partial charge on any atom is -1.00 e. The normalized spacial score (nSPS) is 18.1. The van der Waals surface area contributed by atoms with E-state index >= 15 is 0 Å². The van der Waals surface area contributed by atoms with Gasteiger partial charge in [0.2, 0.25) is 6.10 Å². The number of hydrogen-bond acceptors (Lipinski definition) is 7. The van der Waals surface area contributed by atoms with Crippen molar-refractivity contribution in [2.75, 3.05) is 6.61 Å². The fourth-order valence-electron chi connectivity index (χ4n) is 7.08. The van der Waals surface area contributed by atoms with Crippen molar-refractivity contribution < 1.29 is 50.3 Å². The van der Waals surface area contributed by atoms with E-state index in [0.29, 0.717) is 16.7 Å². The topological polar surface area (TPSA) is 108 Å². The van der Waals surface area contributed by atoms with Crippen LogP contribution in [0.1, 0.15) is 48.4 Å². The Morgan fingerprint density at radius 3 is 1.81 bits per heavy atom. The molecule has 1 fully saturated rings. The van der Waals surface area contributed by atoms with Crippen molar-refractivity contribution in [1.82, 2.24) is 4.98 Å². The average Bonchev–Trinajstić information content (AvgIpc) is 3.75. The van der Waals surface area contributed by atoms with E-state index in [-0.39, 0.29) is 19.0 Å².